The van der Waals surface area contributed by atoms with E-state index in [0.29, 0.717) is 17.3 Å². The Morgan fingerprint density at radius 1 is 1.19 bits per heavy atom. The normalized spacial score (nSPS) is 11.4. The second kappa shape index (κ2) is 5.93. The molecule has 0 amide bonds. The molecule has 0 aromatic heterocycles. The summed E-state index contributed by atoms with van der Waals surface area (Å²) in [6.45, 7) is 0.597. The van der Waals surface area contributed by atoms with Gasteiger partial charge in [0.05, 0.1) is 16.3 Å². The minimum absolute atomic E-state index is 0.0000874. The molecule has 0 atom stereocenters. The molecule has 0 aliphatic heterocycles. The molecule has 0 fully saturated rings. The molecule has 112 valence electrons. The van der Waals surface area contributed by atoms with Crippen LogP contribution in [-0.2, 0) is 16.6 Å². The largest absolute Gasteiger partial charge is 0.397 e. The second-order valence-electron chi connectivity index (χ2n) is 4.75. The van der Waals surface area contributed by atoms with E-state index in [0.717, 1.165) is 11.3 Å². The number of rotatable bonds is 4. The van der Waals surface area contributed by atoms with Crippen LogP contribution in [0.5, 0.6) is 0 Å². The average Bonchev–Trinajstić information content (AvgIpc) is 2.37. The third-order valence-corrected chi connectivity index (χ3v) is 4.19. The highest BCUT2D eigenvalue weighted by Gasteiger charge is 2.12. The lowest BCUT2D eigenvalue weighted by atomic mass is 10.2. The number of sulfonamides is 1. The van der Waals surface area contributed by atoms with E-state index >= 15 is 0 Å². The van der Waals surface area contributed by atoms with E-state index in [1.165, 1.54) is 12.1 Å². The standard InChI is InChI=1S/C14H16ClN3O2S/c1-18(9-10-3-2-4-11(15)7-10)14-6-5-12(8-13(14)16)21(17,19)20/h2-8H,9,16H2,1H3,(H2,17,19,20). The zero-order valence-electron chi connectivity index (χ0n) is 11.5. The van der Waals surface area contributed by atoms with E-state index < -0.39 is 10.0 Å². The summed E-state index contributed by atoms with van der Waals surface area (Å²) in [7, 11) is -1.88. The van der Waals surface area contributed by atoms with Gasteiger partial charge >= 0.3 is 0 Å². The fourth-order valence-corrected chi connectivity index (χ4v) is 2.81. The second-order valence-corrected chi connectivity index (χ2v) is 6.75. The van der Waals surface area contributed by atoms with E-state index in [1.54, 1.807) is 12.1 Å². The first-order valence-corrected chi connectivity index (χ1v) is 8.08. The number of benzene rings is 2. The first kappa shape index (κ1) is 15.6. The lowest BCUT2D eigenvalue weighted by molar-refractivity contribution is 0.598. The summed E-state index contributed by atoms with van der Waals surface area (Å²) in [5, 5.41) is 5.75. The van der Waals surface area contributed by atoms with E-state index in [4.69, 9.17) is 22.5 Å². The van der Waals surface area contributed by atoms with Crippen LogP contribution in [0.4, 0.5) is 11.4 Å². The van der Waals surface area contributed by atoms with E-state index in [-0.39, 0.29) is 4.90 Å². The highest BCUT2D eigenvalue weighted by molar-refractivity contribution is 7.89. The molecule has 0 aliphatic rings. The van der Waals surface area contributed by atoms with Crippen LogP contribution in [0, 0.1) is 0 Å². The fraction of sp³-hybridized carbons (Fsp3) is 0.143. The molecule has 0 saturated carbocycles. The van der Waals surface area contributed by atoms with Gasteiger partial charge in [-0.15, -0.1) is 0 Å². The molecule has 21 heavy (non-hydrogen) atoms. The smallest absolute Gasteiger partial charge is 0.238 e. The Kier molecular flexibility index (Phi) is 4.41. The van der Waals surface area contributed by atoms with Gasteiger partial charge < -0.3 is 10.6 Å². The zero-order chi connectivity index (χ0) is 15.6. The maximum Gasteiger partial charge on any atom is 0.238 e. The molecule has 5 nitrogen and oxygen atoms in total. The first-order valence-electron chi connectivity index (χ1n) is 6.15. The Bertz CT molecular complexity index is 763. The number of nitrogens with two attached hydrogens (primary N) is 2. The van der Waals surface area contributed by atoms with Crippen molar-refractivity contribution in [1.82, 2.24) is 0 Å². The number of hydrogen-bond acceptors (Lipinski definition) is 4. The van der Waals surface area contributed by atoms with E-state index in [9.17, 15) is 8.42 Å². The molecule has 0 saturated heterocycles. The van der Waals surface area contributed by atoms with Crippen molar-refractivity contribution in [1.29, 1.82) is 0 Å². The highest BCUT2D eigenvalue weighted by Crippen LogP contribution is 2.26. The molecule has 4 N–H and O–H groups in total. The highest BCUT2D eigenvalue weighted by atomic mass is 35.5. The third-order valence-electron chi connectivity index (χ3n) is 3.05. The van der Waals surface area contributed by atoms with Gasteiger partial charge in [-0.1, -0.05) is 23.7 Å². The third kappa shape index (κ3) is 3.87. The summed E-state index contributed by atoms with van der Waals surface area (Å²) in [4.78, 5) is 1.91. The maximum atomic E-state index is 11.3. The lowest BCUT2D eigenvalue weighted by Crippen LogP contribution is -2.19. The Hall–Kier alpha value is -1.76. The van der Waals surface area contributed by atoms with Gasteiger partial charge in [0.2, 0.25) is 10.0 Å². The first-order chi connectivity index (χ1) is 9.77. The summed E-state index contributed by atoms with van der Waals surface area (Å²) >= 11 is 5.95. The number of nitrogens with zero attached hydrogens (tertiary/aromatic N) is 1. The van der Waals surface area contributed by atoms with Crippen LogP contribution in [0.1, 0.15) is 5.56 Å². The van der Waals surface area contributed by atoms with Gasteiger partial charge in [0.1, 0.15) is 0 Å². The van der Waals surface area contributed by atoms with Crippen molar-refractivity contribution in [2.75, 3.05) is 17.7 Å². The summed E-state index contributed by atoms with van der Waals surface area (Å²) < 4.78 is 22.6. The van der Waals surface area contributed by atoms with Gasteiger partial charge in [-0.3, -0.25) is 0 Å². The average molecular weight is 326 g/mol. The molecule has 2 rings (SSSR count). The summed E-state index contributed by atoms with van der Waals surface area (Å²) in [6.07, 6.45) is 0. The van der Waals surface area contributed by atoms with Crippen LogP contribution >= 0.6 is 11.6 Å². The number of nitrogen functional groups attached to an aromatic ring is 1. The Morgan fingerprint density at radius 2 is 1.90 bits per heavy atom. The van der Waals surface area contributed by atoms with Crippen molar-refractivity contribution in [3.63, 3.8) is 0 Å². The van der Waals surface area contributed by atoms with Crippen molar-refractivity contribution in [3.8, 4) is 0 Å². The van der Waals surface area contributed by atoms with Crippen LogP contribution < -0.4 is 15.8 Å². The number of halogens is 1. The van der Waals surface area contributed by atoms with Gasteiger partial charge in [-0.05, 0) is 35.9 Å². The van der Waals surface area contributed by atoms with Gasteiger partial charge in [-0.2, -0.15) is 0 Å². The molecule has 7 heteroatoms. The molecule has 0 spiro atoms. The molecule has 0 radical (unpaired) electrons. The van der Waals surface area contributed by atoms with Crippen LogP contribution in [0.15, 0.2) is 47.4 Å². The fourth-order valence-electron chi connectivity index (χ4n) is 2.05. The number of anilines is 2. The van der Waals surface area contributed by atoms with E-state index in [1.807, 2.05) is 30.1 Å². The predicted octanol–water partition coefficient (Wildman–Crippen LogP) is 2.21. The maximum absolute atomic E-state index is 11.3. The van der Waals surface area contributed by atoms with Crippen molar-refractivity contribution in [3.05, 3.63) is 53.1 Å². The topological polar surface area (TPSA) is 89.4 Å². The zero-order valence-corrected chi connectivity index (χ0v) is 13.0. The summed E-state index contributed by atoms with van der Waals surface area (Å²) in [5.41, 5.74) is 8.02. The van der Waals surface area contributed by atoms with Crippen molar-refractivity contribution in [2.45, 2.75) is 11.4 Å². The Labute approximate surface area is 129 Å². The molecule has 0 aliphatic carbocycles. The molecule has 0 bridgehead atoms. The number of hydrogen-bond donors (Lipinski definition) is 2. The van der Waals surface area contributed by atoms with E-state index in [2.05, 4.69) is 0 Å². The SMILES string of the molecule is CN(Cc1cccc(Cl)c1)c1ccc(S(N)(=O)=O)cc1N. The molecule has 2 aromatic rings. The minimum atomic E-state index is -3.75. The summed E-state index contributed by atoms with van der Waals surface area (Å²) in [6, 6.07) is 11.9. The summed E-state index contributed by atoms with van der Waals surface area (Å²) in [5.74, 6) is 0. The van der Waals surface area contributed by atoms with Crippen LogP contribution in [-0.4, -0.2) is 15.5 Å². The molecular weight excluding hydrogens is 310 g/mol. The molecule has 0 heterocycles. The van der Waals surface area contributed by atoms with Gasteiger partial charge in [0.15, 0.2) is 0 Å². The van der Waals surface area contributed by atoms with Crippen LogP contribution in [0.25, 0.3) is 0 Å². The van der Waals surface area contributed by atoms with Gasteiger partial charge in [0, 0.05) is 18.6 Å². The van der Waals surface area contributed by atoms with Crippen LogP contribution in [0.3, 0.4) is 0 Å². The quantitative estimate of drug-likeness (QED) is 0.843. The lowest BCUT2D eigenvalue weighted by Gasteiger charge is -2.21. The van der Waals surface area contributed by atoms with Crippen molar-refractivity contribution in [2.24, 2.45) is 5.14 Å². The minimum Gasteiger partial charge on any atom is -0.397 e. The van der Waals surface area contributed by atoms with Crippen LogP contribution in [0.2, 0.25) is 5.02 Å². The number of primary sulfonamides is 1. The van der Waals surface area contributed by atoms with Crippen molar-refractivity contribution < 1.29 is 8.42 Å². The Morgan fingerprint density at radius 3 is 2.48 bits per heavy atom. The molecular formula is C14H16ClN3O2S. The predicted molar refractivity (Wildman–Crippen MR) is 85.8 cm³/mol. The molecule has 0 unspecified atom stereocenters. The van der Waals surface area contributed by atoms with Crippen molar-refractivity contribution >= 4 is 33.0 Å². The Balaban J connectivity index is 2.26. The van der Waals surface area contributed by atoms with Gasteiger partial charge in [-0.25, -0.2) is 13.6 Å². The molecule has 2 aromatic carbocycles. The monoisotopic (exact) mass is 325 g/mol. The van der Waals surface area contributed by atoms with Gasteiger partial charge in [0.25, 0.3) is 0 Å².